The molecule has 1 aliphatic heterocycles. The fourth-order valence-electron chi connectivity index (χ4n) is 7.34. The maximum Gasteiger partial charge on any atom is 0.263 e. The molecule has 3 aromatic heterocycles. The van der Waals surface area contributed by atoms with E-state index in [2.05, 4.69) is 50.4 Å². The molecule has 0 radical (unpaired) electrons. The van der Waals surface area contributed by atoms with Gasteiger partial charge in [-0.15, -0.1) is 32.9 Å². The van der Waals surface area contributed by atoms with Crippen molar-refractivity contribution in [2.24, 2.45) is 5.41 Å². The Morgan fingerprint density at radius 1 is 1.36 bits per heavy atom. The van der Waals surface area contributed by atoms with Gasteiger partial charge in [0.25, 0.3) is 5.91 Å². The average molecular weight is 563 g/mol. The average Bonchev–Trinajstić information content (AvgIpc) is 3.40. The van der Waals surface area contributed by atoms with Crippen molar-refractivity contribution >= 4 is 34.5 Å². The number of piperidine rings is 2. The molecule has 0 spiro atoms. The molecule has 7 rings (SSSR count). The molecule has 2 N–H and O–H groups in total. The molecule has 12 heteroatoms. The van der Waals surface area contributed by atoms with Crippen molar-refractivity contribution in [3.8, 4) is 6.07 Å². The minimum atomic E-state index is -0.719. The number of carbonyl (C=O) groups excluding carboxylic acids is 2. The van der Waals surface area contributed by atoms with Gasteiger partial charge in [0.1, 0.15) is 6.04 Å². The lowest BCUT2D eigenvalue weighted by Crippen LogP contribution is -2.49. The van der Waals surface area contributed by atoms with E-state index in [1.807, 2.05) is 11.0 Å². The number of rotatable bonds is 7. The van der Waals surface area contributed by atoms with Crippen LogP contribution in [0.1, 0.15) is 69.0 Å². The molecule has 202 valence electrons. The Labute approximate surface area is 234 Å². The summed E-state index contributed by atoms with van der Waals surface area (Å²) in [6.45, 7) is 2.26. The van der Waals surface area contributed by atoms with Gasteiger partial charge in [0.2, 0.25) is 5.91 Å². The SMILES string of the molecule is C[C@H](CC1(c2nn[nH]n2)c2ccsc2CCc2cc(C(=O)N(C)C)sc21)NCC(=O)N1C(C#N)CC23CC12C3. The highest BCUT2D eigenvalue weighted by atomic mass is 32.1. The predicted molar refractivity (Wildman–Crippen MR) is 145 cm³/mol. The highest BCUT2D eigenvalue weighted by molar-refractivity contribution is 7.14. The summed E-state index contributed by atoms with van der Waals surface area (Å²) in [5.41, 5.74) is 1.76. The van der Waals surface area contributed by atoms with E-state index in [0.717, 1.165) is 48.1 Å². The number of hydrogen-bond donors (Lipinski definition) is 2. The largest absolute Gasteiger partial charge is 0.344 e. The highest BCUT2D eigenvalue weighted by Gasteiger charge is 2.90. The van der Waals surface area contributed by atoms with Gasteiger partial charge in [0.05, 0.1) is 28.4 Å². The molecule has 0 aromatic carbocycles. The number of thiophene rings is 2. The summed E-state index contributed by atoms with van der Waals surface area (Å²) >= 11 is 3.24. The van der Waals surface area contributed by atoms with Gasteiger partial charge in [-0.1, -0.05) is 5.21 Å². The number of nitrogens with one attached hydrogen (secondary N) is 2. The predicted octanol–water partition coefficient (Wildman–Crippen LogP) is 2.48. The summed E-state index contributed by atoms with van der Waals surface area (Å²) < 4.78 is 0. The van der Waals surface area contributed by atoms with Crippen molar-refractivity contribution in [1.82, 2.24) is 35.7 Å². The van der Waals surface area contributed by atoms with Crippen LogP contribution in [0.5, 0.6) is 0 Å². The molecule has 3 atom stereocenters. The summed E-state index contributed by atoms with van der Waals surface area (Å²) in [6.07, 6.45) is 5.22. The number of amides is 2. The summed E-state index contributed by atoms with van der Waals surface area (Å²) in [5, 5.41) is 30.8. The summed E-state index contributed by atoms with van der Waals surface area (Å²) in [5.74, 6) is 0.553. The standard InChI is InChI=1S/C27H30N8O2S2/c1-15(29-12-21(36)35-17(11-28)10-25-13-26(25,35)14-25)9-27(24-30-32-33-31-24)18-6-7-38-19(18)5-4-16-8-20(39-22(16)27)23(37)34(2)3/h6-8,15,17,29H,4-5,9-10,12-14H2,1-3H3,(H,30,31,32,33)/t15-,17?,25?,26?,27?/m1/s1. The number of H-pyrrole nitrogens is 1. The van der Waals surface area contributed by atoms with E-state index < -0.39 is 5.41 Å². The van der Waals surface area contributed by atoms with Gasteiger partial charge < -0.3 is 15.1 Å². The number of tetrazole rings is 1. The van der Waals surface area contributed by atoms with Crippen LogP contribution in [0.3, 0.4) is 0 Å². The molecule has 2 saturated carbocycles. The molecule has 4 aliphatic rings. The van der Waals surface area contributed by atoms with Crippen LogP contribution in [0.2, 0.25) is 0 Å². The van der Waals surface area contributed by atoms with Gasteiger partial charge in [0.15, 0.2) is 5.82 Å². The smallest absolute Gasteiger partial charge is 0.263 e. The molecular weight excluding hydrogens is 532 g/mol. The first-order chi connectivity index (χ1) is 18.7. The lowest BCUT2D eigenvalue weighted by molar-refractivity contribution is -0.133. The Morgan fingerprint density at radius 3 is 2.90 bits per heavy atom. The summed E-state index contributed by atoms with van der Waals surface area (Å²) in [6, 6.07) is 6.13. The molecular formula is C27H30N8O2S2. The molecule has 3 fully saturated rings. The Kier molecular flexibility index (Phi) is 5.37. The van der Waals surface area contributed by atoms with Crippen LogP contribution < -0.4 is 5.32 Å². The fraction of sp³-hybridized carbons (Fsp3) is 0.556. The number of fused-ring (bicyclic) bond motifs is 2. The third kappa shape index (κ3) is 3.42. The number of aryl methyl sites for hydroxylation is 2. The number of carbonyl (C=O) groups is 2. The maximum absolute atomic E-state index is 13.4. The number of hydrogen-bond acceptors (Lipinski definition) is 9. The van der Waals surface area contributed by atoms with Crippen molar-refractivity contribution in [3.63, 3.8) is 0 Å². The molecule has 4 heterocycles. The van der Waals surface area contributed by atoms with Crippen LogP contribution >= 0.6 is 22.7 Å². The number of nitriles is 1. The minimum Gasteiger partial charge on any atom is -0.344 e. The summed E-state index contributed by atoms with van der Waals surface area (Å²) in [4.78, 5) is 32.9. The topological polar surface area (TPSA) is 131 Å². The number of likely N-dealkylation sites (tertiary alicyclic amines) is 1. The second-order valence-corrected chi connectivity index (χ2v) is 13.9. The van der Waals surface area contributed by atoms with Crippen LogP contribution in [0.4, 0.5) is 0 Å². The molecule has 2 amide bonds. The van der Waals surface area contributed by atoms with Gasteiger partial charge in [0, 0.05) is 35.3 Å². The molecule has 10 nitrogen and oxygen atoms in total. The number of aromatic amines is 1. The molecule has 39 heavy (non-hydrogen) atoms. The van der Waals surface area contributed by atoms with E-state index in [9.17, 15) is 14.9 Å². The van der Waals surface area contributed by atoms with Gasteiger partial charge >= 0.3 is 0 Å². The van der Waals surface area contributed by atoms with Crippen molar-refractivity contribution in [1.29, 1.82) is 5.26 Å². The quantitative estimate of drug-likeness (QED) is 0.452. The van der Waals surface area contributed by atoms with Crippen molar-refractivity contribution < 1.29 is 9.59 Å². The molecule has 0 bridgehead atoms. The zero-order valence-electron chi connectivity index (χ0n) is 22.2. The summed E-state index contributed by atoms with van der Waals surface area (Å²) in [7, 11) is 3.54. The van der Waals surface area contributed by atoms with Gasteiger partial charge in [-0.3, -0.25) is 9.59 Å². The van der Waals surface area contributed by atoms with Crippen molar-refractivity contribution in [2.75, 3.05) is 20.6 Å². The fourth-order valence-corrected chi connectivity index (χ4v) is 9.74. The van der Waals surface area contributed by atoms with E-state index in [1.54, 1.807) is 30.3 Å². The van der Waals surface area contributed by atoms with Crippen LogP contribution in [0, 0.1) is 16.7 Å². The Morgan fingerprint density at radius 2 is 2.18 bits per heavy atom. The van der Waals surface area contributed by atoms with Gasteiger partial charge in [-0.25, -0.2) is 0 Å². The molecule has 1 saturated heterocycles. The monoisotopic (exact) mass is 562 g/mol. The van der Waals surface area contributed by atoms with E-state index >= 15 is 0 Å². The molecule has 3 aliphatic carbocycles. The zero-order valence-corrected chi connectivity index (χ0v) is 23.8. The van der Waals surface area contributed by atoms with Crippen molar-refractivity contribution in [3.05, 3.63) is 49.1 Å². The number of nitrogens with zero attached hydrogens (tertiary/aromatic N) is 6. The third-order valence-electron chi connectivity index (χ3n) is 9.35. The first-order valence-electron chi connectivity index (χ1n) is 13.4. The lowest BCUT2D eigenvalue weighted by atomic mass is 9.73. The first kappa shape index (κ1) is 24.9. The second-order valence-electron chi connectivity index (χ2n) is 11.8. The maximum atomic E-state index is 13.4. The van der Waals surface area contributed by atoms with Crippen LogP contribution in [0.25, 0.3) is 0 Å². The van der Waals surface area contributed by atoms with Crippen LogP contribution in [-0.2, 0) is 23.1 Å². The van der Waals surface area contributed by atoms with Crippen LogP contribution in [-0.4, -0.2) is 80.5 Å². The van der Waals surface area contributed by atoms with Gasteiger partial charge in [-0.2, -0.15) is 10.5 Å². The first-order valence-corrected chi connectivity index (χ1v) is 15.1. The molecule has 2 unspecified atom stereocenters. The van der Waals surface area contributed by atoms with E-state index in [1.165, 1.54) is 16.2 Å². The van der Waals surface area contributed by atoms with E-state index in [4.69, 9.17) is 0 Å². The number of aromatic nitrogens is 4. The van der Waals surface area contributed by atoms with Crippen molar-refractivity contribution in [2.45, 2.75) is 68.5 Å². The molecule has 3 aromatic rings. The zero-order chi connectivity index (χ0) is 27.2. The Hall–Kier alpha value is -3.14. The normalized spacial score (nSPS) is 30.3. The van der Waals surface area contributed by atoms with E-state index in [-0.39, 0.29) is 41.4 Å². The minimum absolute atomic E-state index is 0.00616. The lowest BCUT2D eigenvalue weighted by Gasteiger charge is -2.34. The third-order valence-corrected chi connectivity index (χ3v) is 11.7. The Bertz CT molecular complexity index is 1510. The highest BCUT2D eigenvalue weighted by Crippen LogP contribution is 2.87. The van der Waals surface area contributed by atoms with Gasteiger partial charge in [-0.05, 0) is 74.1 Å². The second kappa shape index (κ2) is 8.43. The van der Waals surface area contributed by atoms with Crippen LogP contribution in [0.15, 0.2) is 17.5 Å². The van der Waals surface area contributed by atoms with E-state index in [0.29, 0.717) is 17.1 Å². The Balaban J connectivity index is 1.22.